The van der Waals surface area contributed by atoms with Gasteiger partial charge in [-0.3, -0.25) is 5.14 Å². The first-order valence-corrected chi connectivity index (χ1v) is 13.3. The Kier molecular flexibility index (Phi) is 7.92. The quantitative estimate of drug-likeness (QED) is 0.553. The van der Waals surface area contributed by atoms with Gasteiger partial charge in [0.25, 0.3) is 0 Å². The van der Waals surface area contributed by atoms with Crippen LogP contribution in [0.3, 0.4) is 0 Å². The van der Waals surface area contributed by atoms with Crippen molar-refractivity contribution in [3.8, 4) is 0 Å². The van der Waals surface area contributed by atoms with Crippen molar-refractivity contribution in [3.05, 3.63) is 23.3 Å². The highest BCUT2D eigenvalue weighted by atomic mass is 35.5. The number of likely N-dealkylation sites (tertiary alicyclic amines) is 1. The molecule has 0 bridgehead atoms. The van der Waals surface area contributed by atoms with Gasteiger partial charge in [0, 0.05) is 47.8 Å². The van der Waals surface area contributed by atoms with E-state index < -0.39 is 0 Å². The molecule has 2 aliphatic heterocycles. The SMILES string of the molecule is CC(C)[C@H](CN1CCC2(CC1)OCC1C=C(Cl)C=CC12)NCC1CCCC(SN)C1. The zero-order chi connectivity index (χ0) is 21.1. The molecule has 4 aliphatic rings. The van der Waals surface area contributed by atoms with Gasteiger partial charge in [-0.15, -0.1) is 0 Å². The summed E-state index contributed by atoms with van der Waals surface area (Å²) in [5.41, 5.74) is 0.0313. The summed E-state index contributed by atoms with van der Waals surface area (Å²) in [6.45, 7) is 10.1. The highest BCUT2D eigenvalue weighted by Crippen LogP contribution is 2.47. The second-order valence-electron chi connectivity index (χ2n) is 10.3. The van der Waals surface area contributed by atoms with Crippen molar-refractivity contribution in [3.63, 3.8) is 0 Å². The fraction of sp³-hybridized carbons (Fsp3) is 0.833. The molecular formula is C24H40ClN3OS. The third-order valence-corrected chi connectivity index (χ3v) is 9.09. The Morgan fingerprint density at radius 2 is 2.13 bits per heavy atom. The van der Waals surface area contributed by atoms with Crippen LogP contribution in [0, 0.1) is 23.7 Å². The van der Waals surface area contributed by atoms with E-state index in [0.29, 0.717) is 29.0 Å². The molecule has 4 nitrogen and oxygen atoms in total. The molecule has 0 aromatic rings. The van der Waals surface area contributed by atoms with Crippen LogP contribution >= 0.6 is 23.5 Å². The Morgan fingerprint density at radius 3 is 2.87 bits per heavy atom. The van der Waals surface area contributed by atoms with Crippen molar-refractivity contribution < 1.29 is 4.74 Å². The summed E-state index contributed by atoms with van der Waals surface area (Å²) < 4.78 is 6.42. The Morgan fingerprint density at radius 1 is 1.33 bits per heavy atom. The van der Waals surface area contributed by atoms with E-state index in [4.69, 9.17) is 21.5 Å². The zero-order valence-electron chi connectivity index (χ0n) is 18.7. The van der Waals surface area contributed by atoms with Crippen LogP contribution in [0.1, 0.15) is 52.4 Å². The summed E-state index contributed by atoms with van der Waals surface area (Å²) in [5.74, 6) is 2.39. The predicted octanol–water partition coefficient (Wildman–Crippen LogP) is 4.56. The van der Waals surface area contributed by atoms with Crippen LogP contribution in [0.25, 0.3) is 0 Å². The molecule has 2 aliphatic carbocycles. The molecule has 0 radical (unpaired) electrons. The molecule has 1 saturated carbocycles. The number of ether oxygens (including phenoxy) is 1. The molecule has 1 spiro atoms. The highest BCUT2D eigenvalue weighted by molar-refractivity contribution is 7.97. The first-order chi connectivity index (χ1) is 14.5. The topological polar surface area (TPSA) is 50.5 Å². The number of nitrogens with two attached hydrogens (primary N) is 1. The van der Waals surface area contributed by atoms with Crippen molar-refractivity contribution in [2.24, 2.45) is 28.8 Å². The van der Waals surface area contributed by atoms with Crippen LogP contribution in [0.4, 0.5) is 0 Å². The molecule has 0 aromatic carbocycles. The van der Waals surface area contributed by atoms with Crippen LogP contribution in [0.15, 0.2) is 23.3 Å². The van der Waals surface area contributed by atoms with E-state index in [0.717, 1.165) is 56.6 Å². The molecule has 6 heteroatoms. The largest absolute Gasteiger partial charge is 0.374 e. The standard InChI is InChI=1S/C24H40ClN3OS/c1-17(2)23(27-14-18-4-3-5-21(12-18)30-26)15-28-10-8-24(9-11-28)22-7-6-20(25)13-19(22)16-29-24/h6-7,13,17-19,21-23,27H,3-5,8-12,14-16,26H2,1-2H3/t18?,19?,21?,22?,23-/m0/s1. The van der Waals surface area contributed by atoms with Crippen LogP contribution in [0.2, 0.25) is 0 Å². The number of allylic oxidation sites excluding steroid dienone is 2. The molecule has 3 fully saturated rings. The minimum Gasteiger partial charge on any atom is -0.374 e. The van der Waals surface area contributed by atoms with Crippen molar-refractivity contribution in [1.82, 2.24) is 10.2 Å². The number of piperidine rings is 1. The number of rotatable bonds is 7. The fourth-order valence-electron chi connectivity index (χ4n) is 6.03. The van der Waals surface area contributed by atoms with Gasteiger partial charge in [0.05, 0.1) is 12.2 Å². The first kappa shape index (κ1) is 23.1. The molecule has 5 atom stereocenters. The van der Waals surface area contributed by atoms with Crippen molar-refractivity contribution >= 4 is 23.5 Å². The maximum atomic E-state index is 6.42. The average Bonchev–Trinajstić information content (AvgIpc) is 3.09. The van der Waals surface area contributed by atoms with Gasteiger partial charge in [0.1, 0.15) is 0 Å². The van der Waals surface area contributed by atoms with E-state index >= 15 is 0 Å². The molecule has 4 unspecified atom stereocenters. The van der Waals surface area contributed by atoms with E-state index in [2.05, 4.69) is 42.3 Å². The number of hydrogen-bond acceptors (Lipinski definition) is 5. The van der Waals surface area contributed by atoms with E-state index in [1.165, 1.54) is 25.7 Å². The molecular weight excluding hydrogens is 414 g/mol. The number of fused-ring (bicyclic) bond motifs is 2. The summed E-state index contributed by atoms with van der Waals surface area (Å²) >= 11 is 7.79. The fourth-order valence-corrected chi connectivity index (χ4v) is 6.95. The Balaban J connectivity index is 1.26. The smallest absolute Gasteiger partial charge is 0.0776 e. The molecule has 30 heavy (non-hydrogen) atoms. The second-order valence-corrected chi connectivity index (χ2v) is 11.7. The van der Waals surface area contributed by atoms with Crippen LogP contribution < -0.4 is 10.5 Å². The molecule has 2 heterocycles. The Bertz CT molecular complexity index is 632. The van der Waals surface area contributed by atoms with Gasteiger partial charge in [-0.25, -0.2) is 0 Å². The summed E-state index contributed by atoms with van der Waals surface area (Å²) in [4.78, 5) is 2.66. The number of nitrogens with zero attached hydrogens (tertiary/aromatic N) is 1. The van der Waals surface area contributed by atoms with Gasteiger partial charge >= 0.3 is 0 Å². The minimum atomic E-state index is 0.0313. The van der Waals surface area contributed by atoms with E-state index in [9.17, 15) is 0 Å². The third-order valence-electron chi connectivity index (χ3n) is 8.03. The Hall–Kier alpha value is -0.0400. The lowest BCUT2D eigenvalue weighted by Crippen LogP contribution is -2.52. The molecule has 4 rings (SSSR count). The molecule has 3 N–H and O–H groups in total. The molecule has 170 valence electrons. The lowest BCUT2D eigenvalue weighted by atomic mass is 9.74. The van der Waals surface area contributed by atoms with Gasteiger partial charge in [-0.2, -0.15) is 0 Å². The van der Waals surface area contributed by atoms with Gasteiger partial charge in [-0.05, 0) is 56.6 Å². The zero-order valence-corrected chi connectivity index (χ0v) is 20.3. The molecule has 0 amide bonds. The maximum Gasteiger partial charge on any atom is 0.0776 e. The summed E-state index contributed by atoms with van der Waals surface area (Å²) in [6.07, 6.45) is 14.1. The van der Waals surface area contributed by atoms with Gasteiger partial charge < -0.3 is 15.0 Å². The number of halogens is 1. The molecule has 2 saturated heterocycles. The highest BCUT2D eigenvalue weighted by Gasteiger charge is 2.50. The summed E-state index contributed by atoms with van der Waals surface area (Å²) in [5, 5.41) is 11.3. The van der Waals surface area contributed by atoms with Crippen molar-refractivity contribution in [2.45, 2.75) is 69.3 Å². The third kappa shape index (κ3) is 5.29. The molecule has 0 aromatic heterocycles. The average molecular weight is 454 g/mol. The van der Waals surface area contributed by atoms with Crippen LogP contribution in [0.5, 0.6) is 0 Å². The summed E-state index contributed by atoms with van der Waals surface area (Å²) in [6, 6.07) is 0.554. The predicted molar refractivity (Wildman–Crippen MR) is 129 cm³/mol. The van der Waals surface area contributed by atoms with Gasteiger partial charge in [0.15, 0.2) is 0 Å². The van der Waals surface area contributed by atoms with Crippen LogP contribution in [-0.4, -0.2) is 54.6 Å². The number of nitrogens with one attached hydrogen (secondary N) is 1. The van der Waals surface area contributed by atoms with E-state index in [1.54, 1.807) is 11.9 Å². The van der Waals surface area contributed by atoms with Gasteiger partial charge in [-0.1, -0.05) is 56.0 Å². The van der Waals surface area contributed by atoms with Gasteiger partial charge in [0.2, 0.25) is 0 Å². The monoisotopic (exact) mass is 453 g/mol. The van der Waals surface area contributed by atoms with Crippen LogP contribution in [-0.2, 0) is 4.74 Å². The normalized spacial score (nSPS) is 34.9. The maximum absolute atomic E-state index is 6.42. The second kappa shape index (κ2) is 10.3. The number of hydrogen-bond donors (Lipinski definition) is 2. The first-order valence-electron chi connectivity index (χ1n) is 12.0. The summed E-state index contributed by atoms with van der Waals surface area (Å²) in [7, 11) is 0. The van der Waals surface area contributed by atoms with Crippen molar-refractivity contribution in [2.75, 3.05) is 32.8 Å². The van der Waals surface area contributed by atoms with E-state index in [1.807, 2.05) is 0 Å². The van der Waals surface area contributed by atoms with Crippen molar-refractivity contribution in [1.29, 1.82) is 0 Å². The Labute approximate surface area is 192 Å². The van der Waals surface area contributed by atoms with E-state index in [-0.39, 0.29) is 5.60 Å². The lowest BCUT2D eigenvalue weighted by Gasteiger charge is -2.43. The lowest BCUT2D eigenvalue weighted by molar-refractivity contribution is -0.0596. The minimum absolute atomic E-state index is 0.0313.